The molecule has 0 amide bonds. The molecule has 1 aromatic carbocycles. The van der Waals surface area contributed by atoms with Crippen LogP contribution in [0.15, 0.2) is 36.5 Å². The smallest absolute Gasteiger partial charge is 0.123 e. The quantitative estimate of drug-likeness (QED) is 0.816. The van der Waals surface area contributed by atoms with E-state index in [2.05, 4.69) is 20.7 Å². The maximum atomic E-state index is 13.5. The molecule has 1 aromatic heterocycles. The van der Waals surface area contributed by atoms with Gasteiger partial charge in [-0.1, -0.05) is 12.1 Å². The number of fused-ring (bicyclic) bond motifs is 1. The maximum Gasteiger partial charge on any atom is 0.123 e. The second kappa shape index (κ2) is 7.03. The summed E-state index contributed by atoms with van der Waals surface area (Å²) in [6.07, 6.45) is 4.50. The molecule has 24 heavy (non-hydrogen) atoms. The Hall–Kier alpha value is -1.72. The minimum absolute atomic E-state index is 0.170. The third-order valence-corrected chi connectivity index (χ3v) is 4.84. The Kier molecular flexibility index (Phi) is 4.63. The Morgan fingerprint density at radius 3 is 2.83 bits per heavy atom. The van der Waals surface area contributed by atoms with Gasteiger partial charge in [0.1, 0.15) is 5.82 Å². The van der Waals surface area contributed by atoms with Crippen molar-refractivity contribution in [2.45, 2.75) is 32.5 Å². The van der Waals surface area contributed by atoms with E-state index in [0.717, 1.165) is 50.9 Å². The molecule has 2 heterocycles. The molecule has 0 N–H and O–H groups in total. The van der Waals surface area contributed by atoms with Crippen LogP contribution in [0.3, 0.4) is 0 Å². The Morgan fingerprint density at radius 2 is 2.00 bits per heavy atom. The van der Waals surface area contributed by atoms with Crippen LogP contribution in [-0.2, 0) is 24.4 Å². The summed E-state index contributed by atoms with van der Waals surface area (Å²) in [4.78, 5) is 2.38. The second-order valence-electron chi connectivity index (χ2n) is 7.15. The highest BCUT2D eigenvalue weighted by atomic mass is 19.1. The molecular formula is C19H24FN3O. The lowest BCUT2D eigenvalue weighted by molar-refractivity contribution is 0.0696. The molecule has 1 fully saturated rings. The molecule has 0 unspecified atom stereocenters. The summed E-state index contributed by atoms with van der Waals surface area (Å²) in [6, 6.07) is 8.97. The Balaban J connectivity index is 1.43. The lowest BCUT2D eigenvalue weighted by atomic mass is 10.1. The van der Waals surface area contributed by atoms with Crippen LogP contribution < -0.4 is 0 Å². The molecule has 0 bridgehead atoms. The van der Waals surface area contributed by atoms with Crippen LogP contribution in [-0.4, -0.2) is 34.4 Å². The molecule has 0 radical (unpaired) electrons. The summed E-state index contributed by atoms with van der Waals surface area (Å²) in [6.45, 7) is 5.11. The van der Waals surface area contributed by atoms with Crippen molar-refractivity contribution in [2.24, 2.45) is 11.8 Å². The third kappa shape index (κ3) is 4.02. The van der Waals surface area contributed by atoms with Crippen LogP contribution in [0.25, 0.3) is 0 Å². The number of rotatable bonds is 6. The van der Waals surface area contributed by atoms with Gasteiger partial charge in [-0.2, -0.15) is 5.10 Å². The molecule has 2 aromatic rings. The highest BCUT2D eigenvalue weighted by molar-refractivity contribution is 5.16. The van der Waals surface area contributed by atoms with Crippen molar-refractivity contribution in [1.29, 1.82) is 0 Å². The van der Waals surface area contributed by atoms with Gasteiger partial charge in [0, 0.05) is 44.9 Å². The molecule has 1 atom stereocenters. The highest BCUT2D eigenvalue weighted by Crippen LogP contribution is 2.29. The zero-order chi connectivity index (χ0) is 16.4. The summed E-state index contributed by atoms with van der Waals surface area (Å²) in [5.41, 5.74) is 2.23. The zero-order valence-corrected chi connectivity index (χ0v) is 13.9. The van der Waals surface area contributed by atoms with Crippen molar-refractivity contribution in [3.63, 3.8) is 0 Å². The predicted molar refractivity (Wildman–Crippen MR) is 89.8 cm³/mol. The van der Waals surface area contributed by atoms with Gasteiger partial charge in [-0.15, -0.1) is 0 Å². The topological polar surface area (TPSA) is 30.3 Å². The molecule has 5 heteroatoms. The van der Waals surface area contributed by atoms with E-state index in [1.807, 2.05) is 12.3 Å². The first-order chi connectivity index (χ1) is 11.8. The number of nitrogens with zero attached hydrogens (tertiary/aromatic N) is 3. The van der Waals surface area contributed by atoms with E-state index < -0.39 is 0 Å². The molecular weight excluding hydrogens is 305 g/mol. The van der Waals surface area contributed by atoms with Crippen LogP contribution in [0.1, 0.15) is 24.1 Å². The summed E-state index contributed by atoms with van der Waals surface area (Å²) >= 11 is 0. The normalized spacial score (nSPS) is 21.5. The fourth-order valence-electron chi connectivity index (χ4n) is 3.43. The maximum absolute atomic E-state index is 13.5. The summed E-state index contributed by atoms with van der Waals surface area (Å²) in [7, 11) is 0. The number of ether oxygens (including phenoxy) is 1. The molecule has 4 nitrogen and oxygen atoms in total. The van der Waals surface area contributed by atoms with E-state index in [4.69, 9.17) is 4.74 Å². The molecule has 128 valence electrons. The molecule has 0 spiro atoms. The fraction of sp³-hybridized carbons (Fsp3) is 0.526. The third-order valence-electron chi connectivity index (χ3n) is 4.84. The number of halogens is 1. The fourth-order valence-corrected chi connectivity index (χ4v) is 3.43. The zero-order valence-electron chi connectivity index (χ0n) is 13.9. The Labute approximate surface area is 142 Å². The molecule has 0 saturated heterocycles. The van der Waals surface area contributed by atoms with E-state index >= 15 is 0 Å². The molecule has 4 rings (SSSR count). The van der Waals surface area contributed by atoms with Gasteiger partial charge in [0.25, 0.3) is 0 Å². The first-order valence-corrected chi connectivity index (χ1v) is 8.81. The van der Waals surface area contributed by atoms with E-state index in [1.54, 1.807) is 12.1 Å². The SMILES string of the molecule is Fc1cccc(CN2Cc3ccnn3C[C@H](COCC3CC3)C2)c1. The van der Waals surface area contributed by atoms with Crippen LogP contribution >= 0.6 is 0 Å². The molecule has 2 aliphatic rings. The summed E-state index contributed by atoms with van der Waals surface area (Å²) in [5.74, 6) is 1.04. The van der Waals surface area contributed by atoms with E-state index in [1.165, 1.54) is 24.6 Å². The van der Waals surface area contributed by atoms with Crippen molar-refractivity contribution in [3.05, 3.63) is 53.6 Å². The average molecular weight is 329 g/mol. The summed E-state index contributed by atoms with van der Waals surface area (Å²) < 4.78 is 21.5. The van der Waals surface area contributed by atoms with Gasteiger partial charge in [-0.25, -0.2) is 4.39 Å². The predicted octanol–water partition coefficient (Wildman–Crippen LogP) is 3.08. The lowest BCUT2D eigenvalue weighted by Crippen LogP contribution is -2.30. The monoisotopic (exact) mass is 329 g/mol. The summed E-state index contributed by atoms with van der Waals surface area (Å²) in [5, 5.41) is 4.45. The number of hydrogen-bond acceptors (Lipinski definition) is 3. The highest BCUT2D eigenvalue weighted by Gasteiger charge is 2.25. The largest absolute Gasteiger partial charge is 0.381 e. The minimum atomic E-state index is -0.170. The van der Waals surface area contributed by atoms with Crippen molar-refractivity contribution in [1.82, 2.24) is 14.7 Å². The average Bonchev–Trinajstić information content (AvgIpc) is 3.30. The van der Waals surface area contributed by atoms with Crippen LogP contribution in [0.2, 0.25) is 0 Å². The lowest BCUT2D eigenvalue weighted by Gasteiger charge is -2.24. The number of benzene rings is 1. The molecule has 1 aliphatic carbocycles. The first-order valence-electron chi connectivity index (χ1n) is 8.81. The molecule has 1 aliphatic heterocycles. The van der Waals surface area contributed by atoms with Crippen LogP contribution in [0, 0.1) is 17.7 Å². The standard InChI is InChI=1S/C19H24FN3O/c20-18-3-1-2-16(8-18)9-22-10-17(14-24-13-15-4-5-15)11-23-19(12-22)6-7-21-23/h1-3,6-8,15,17H,4-5,9-14H2/t17-/m1/s1. The van der Waals surface area contributed by atoms with Crippen molar-refractivity contribution in [3.8, 4) is 0 Å². The van der Waals surface area contributed by atoms with Gasteiger partial charge in [0.2, 0.25) is 0 Å². The van der Waals surface area contributed by atoms with Gasteiger partial charge in [-0.05, 0) is 42.5 Å². The van der Waals surface area contributed by atoms with Crippen LogP contribution in [0.5, 0.6) is 0 Å². The second-order valence-corrected chi connectivity index (χ2v) is 7.15. The van der Waals surface area contributed by atoms with E-state index in [0.29, 0.717) is 5.92 Å². The van der Waals surface area contributed by atoms with Crippen molar-refractivity contribution in [2.75, 3.05) is 19.8 Å². The van der Waals surface area contributed by atoms with Gasteiger partial charge in [-0.3, -0.25) is 9.58 Å². The van der Waals surface area contributed by atoms with E-state index in [-0.39, 0.29) is 5.82 Å². The Morgan fingerprint density at radius 1 is 1.12 bits per heavy atom. The first kappa shape index (κ1) is 15.8. The Bertz CT molecular complexity index is 683. The van der Waals surface area contributed by atoms with Gasteiger partial charge < -0.3 is 4.74 Å². The van der Waals surface area contributed by atoms with Crippen LogP contribution in [0.4, 0.5) is 4.39 Å². The van der Waals surface area contributed by atoms with Crippen molar-refractivity contribution >= 4 is 0 Å². The van der Waals surface area contributed by atoms with Crippen molar-refractivity contribution < 1.29 is 9.13 Å². The number of hydrogen-bond donors (Lipinski definition) is 0. The minimum Gasteiger partial charge on any atom is -0.381 e. The van der Waals surface area contributed by atoms with Gasteiger partial charge in [0.05, 0.1) is 12.3 Å². The molecule has 1 saturated carbocycles. The van der Waals surface area contributed by atoms with Gasteiger partial charge in [0.15, 0.2) is 0 Å². The van der Waals surface area contributed by atoms with Gasteiger partial charge >= 0.3 is 0 Å². The number of aromatic nitrogens is 2. The van der Waals surface area contributed by atoms with E-state index in [9.17, 15) is 4.39 Å².